The second-order valence-electron chi connectivity index (χ2n) is 4.61. The number of nitrogens with zero attached hydrogens (tertiary/aromatic N) is 1. The fourth-order valence-corrected chi connectivity index (χ4v) is 2.93. The van der Waals surface area contributed by atoms with Crippen LogP contribution in [0, 0.1) is 0 Å². The second-order valence-corrected chi connectivity index (χ2v) is 6.87. The number of sulfone groups is 1. The van der Waals surface area contributed by atoms with Crippen LogP contribution in [0.5, 0.6) is 0 Å². The first-order chi connectivity index (χ1) is 7.53. The summed E-state index contributed by atoms with van der Waals surface area (Å²) in [6.07, 6.45) is 4.53. The monoisotopic (exact) mass is 248 g/mol. The Kier molecular flexibility index (Phi) is 5.72. The summed E-state index contributed by atoms with van der Waals surface area (Å²) in [6, 6.07) is 0.596. The van der Waals surface area contributed by atoms with Crippen molar-refractivity contribution in [3.8, 4) is 0 Å². The van der Waals surface area contributed by atoms with Crippen LogP contribution in [0.3, 0.4) is 0 Å². The number of hydrogen-bond acceptors (Lipinski definition) is 4. The maximum atomic E-state index is 11.0. The normalized spacial score (nSPS) is 22.6. The lowest BCUT2D eigenvalue weighted by molar-refractivity contribution is 0.174. The van der Waals surface area contributed by atoms with E-state index in [0.29, 0.717) is 11.8 Å². The summed E-state index contributed by atoms with van der Waals surface area (Å²) < 4.78 is 22.1. The van der Waals surface area contributed by atoms with Gasteiger partial charge in [0.2, 0.25) is 0 Å². The Bertz CT molecular complexity index is 284. The van der Waals surface area contributed by atoms with Crippen LogP contribution in [0.25, 0.3) is 0 Å². The molecule has 1 N–H and O–H groups in total. The molecule has 4 nitrogen and oxygen atoms in total. The van der Waals surface area contributed by atoms with Crippen LogP contribution in [0.4, 0.5) is 0 Å². The highest BCUT2D eigenvalue weighted by atomic mass is 32.2. The highest BCUT2D eigenvalue weighted by Gasteiger charge is 2.19. The molecular formula is C11H24N2O2S. The van der Waals surface area contributed by atoms with Crippen molar-refractivity contribution in [2.45, 2.75) is 32.2 Å². The maximum Gasteiger partial charge on any atom is 0.147 e. The minimum absolute atomic E-state index is 0.309. The van der Waals surface area contributed by atoms with Crippen LogP contribution in [0.1, 0.15) is 26.2 Å². The molecule has 1 unspecified atom stereocenters. The number of nitrogens with one attached hydrogen (secondary N) is 1. The molecule has 0 amide bonds. The summed E-state index contributed by atoms with van der Waals surface area (Å²) >= 11 is 0. The molecule has 1 aliphatic heterocycles. The predicted molar refractivity (Wildman–Crippen MR) is 67.5 cm³/mol. The maximum absolute atomic E-state index is 11.0. The molecule has 0 aliphatic carbocycles. The molecule has 1 fully saturated rings. The Morgan fingerprint density at radius 1 is 1.44 bits per heavy atom. The topological polar surface area (TPSA) is 49.4 Å². The van der Waals surface area contributed by atoms with E-state index in [0.717, 1.165) is 32.6 Å². The number of piperidine rings is 1. The van der Waals surface area contributed by atoms with Gasteiger partial charge in [0.15, 0.2) is 0 Å². The first-order valence-electron chi connectivity index (χ1n) is 6.15. The fourth-order valence-electron chi connectivity index (χ4n) is 2.27. The van der Waals surface area contributed by atoms with Gasteiger partial charge in [0.05, 0.1) is 5.75 Å². The summed E-state index contributed by atoms with van der Waals surface area (Å²) in [7, 11) is -2.80. The molecule has 0 aromatic carbocycles. The zero-order valence-electron chi connectivity index (χ0n) is 10.4. The van der Waals surface area contributed by atoms with E-state index >= 15 is 0 Å². The smallest absolute Gasteiger partial charge is 0.147 e. The van der Waals surface area contributed by atoms with Crippen LogP contribution in [-0.2, 0) is 9.84 Å². The minimum atomic E-state index is -2.80. The standard InChI is InChI=1S/C11H24N2O2S/c1-3-13(8-5-9-16(2,14)15)11-6-4-7-12-10-11/h11-12H,3-10H2,1-2H3. The minimum Gasteiger partial charge on any atom is -0.315 e. The molecule has 1 atom stereocenters. The number of hydrogen-bond donors (Lipinski definition) is 1. The molecule has 5 heteroatoms. The average molecular weight is 248 g/mol. The zero-order valence-corrected chi connectivity index (χ0v) is 11.2. The predicted octanol–water partition coefficient (Wildman–Crippen LogP) is 0.495. The highest BCUT2D eigenvalue weighted by Crippen LogP contribution is 2.10. The van der Waals surface area contributed by atoms with Gasteiger partial charge in [-0.25, -0.2) is 8.42 Å². The largest absolute Gasteiger partial charge is 0.315 e. The Balaban J connectivity index is 2.30. The second kappa shape index (κ2) is 6.57. The first kappa shape index (κ1) is 13.9. The van der Waals surface area contributed by atoms with E-state index in [1.54, 1.807) is 0 Å². The van der Waals surface area contributed by atoms with Gasteiger partial charge in [-0.15, -0.1) is 0 Å². The van der Waals surface area contributed by atoms with E-state index in [1.807, 2.05) is 0 Å². The Labute approximate surface area is 99.3 Å². The summed E-state index contributed by atoms with van der Waals surface area (Å²) in [5.41, 5.74) is 0. The molecule has 0 radical (unpaired) electrons. The van der Waals surface area contributed by atoms with E-state index < -0.39 is 9.84 Å². The molecule has 0 saturated carbocycles. The molecule has 0 bridgehead atoms. The van der Waals surface area contributed by atoms with Crippen molar-refractivity contribution in [2.24, 2.45) is 0 Å². The van der Waals surface area contributed by atoms with Crippen molar-refractivity contribution < 1.29 is 8.42 Å². The Morgan fingerprint density at radius 3 is 2.69 bits per heavy atom. The molecule has 16 heavy (non-hydrogen) atoms. The summed E-state index contributed by atoms with van der Waals surface area (Å²) in [4.78, 5) is 2.40. The van der Waals surface area contributed by atoms with E-state index in [-0.39, 0.29) is 0 Å². The lowest BCUT2D eigenvalue weighted by Gasteiger charge is -2.33. The van der Waals surface area contributed by atoms with Crippen molar-refractivity contribution in [2.75, 3.05) is 38.2 Å². The van der Waals surface area contributed by atoms with Crippen LogP contribution in [0.15, 0.2) is 0 Å². The number of likely N-dealkylation sites (N-methyl/N-ethyl adjacent to an activating group) is 1. The quantitative estimate of drug-likeness (QED) is 0.743. The Hall–Kier alpha value is -0.130. The summed E-state index contributed by atoms with van der Waals surface area (Å²) in [5, 5.41) is 3.40. The van der Waals surface area contributed by atoms with Crippen molar-refractivity contribution >= 4 is 9.84 Å². The van der Waals surface area contributed by atoms with Gasteiger partial charge in [-0.1, -0.05) is 6.92 Å². The number of rotatable bonds is 6. The molecule has 0 spiro atoms. The highest BCUT2D eigenvalue weighted by molar-refractivity contribution is 7.90. The van der Waals surface area contributed by atoms with Gasteiger partial charge in [-0.2, -0.15) is 0 Å². The van der Waals surface area contributed by atoms with Crippen molar-refractivity contribution in [1.29, 1.82) is 0 Å². The molecule has 96 valence electrons. The molecule has 0 aromatic rings. The van der Waals surface area contributed by atoms with Gasteiger partial charge in [0.1, 0.15) is 9.84 Å². The molecule has 1 heterocycles. The van der Waals surface area contributed by atoms with E-state index in [2.05, 4.69) is 17.1 Å². The van der Waals surface area contributed by atoms with E-state index in [4.69, 9.17) is 0 Å². The lowest BCUT2D eigenvalue weighted by atomic mass is 10.1. The molecule has 0 aromatic heterocycles. The van der Waals surface area contributed by atoms with Crippen LogP contribution >= 0.6 is 0 Å². The van der Waals surface area contributed by atoms with Gasteiger partial charge >= 0.3 is 0 Å². The molecular weight excluding hydrogens is 224 g/mol. The first-order valence-corrected chi connectivity index (χ1v) is 8.21. The fraction of sp³-hybridized carbons (Fsp3) is 1.00. The van der Waals surface area contributed by atoms with Crippen LogP contribution in [0.2, 0.25) is 0 Å². The molecule has 1 saturated heterocycles. The van der Waals surface area contributed by atoms with Crippen molar-refractivity contribution in [3.63, 3.8) is 0 Å². The van der Waals surface area contributed by atoms with Crippen LogP contribution in [-0.4, -0.2) is 57.5 Å². The van der Waals surface area contributed by atoms with Crippen molar-refractivity contribution in [3.05, 3.63) is 0 Å². The average Bonchev–Trinajstić information content (AvgIpc) is 2.24. The van der Waals surface area contributed by atoms with Gasteiger partial charge in [0, 0.05) is 18.8 Å². The SMILES string of the molecule is CCN(CCCS(C)(=O)=O)C1CCCNC1. The third-order valence-electron chi connectivity index (χ3n) is 3.15. The molecule has 1 rings (SSSR count). The summed E-state index contributed by atoms with van der Waals surface area (Å²) in [5.74, 6) is 0.309. The van der Waals surface area contributed by atoms with Gasteiger partial charge in [-0.3, -0.25) is 4.90 Å². The third-order valence-corrected chi connectivity index (χ3v) is 4.18. The van der Waals surface area contributed by atoms with E-state index in [1.165, 1.54) is 19.1 Å². The van der Waals surface area contributed by atoms with Gasteiger partial charge in [-0.05, 0) is 38.9 Å². The third kappa shape index (κ3) is 5.27. The molecule has 1 aliphatic rings. The van der Waals surface area contributed by atoms with Crippen molar-refractivity contribution in [1.82, 2.24) is 10.2 Å². The van der Waals surface area contributed by atoms with E-state index in [9.17, 15) is 8.42 Å². The Morgan fingerprint density at radius 2 is 2.19 bits per heavy atom. The summed E-state index contributed by atoms with van der Waals surface area (Å²) in [6.45, 7) is 6.23. The van der Waals surface area contributed by atoms with Gasteiger partial charge in [0.25, 0.3) is 0 Å². The van der Waals surface area contributed by atoms with Crippen LogP contribution < -0.4 is 5.32 Å². The zero-order chi connectivity index (χ0) is 12.0. The lowest BCUT2D eigenvalue weighted by Crippen LogP contribution is -2.46. The van der Waals surface area contributed by atoms with Gasteiger partial charge < -0.3 is 5.32 Å².